The Labute approximate surface area is 86.0 Å². The summed E-state index contributed by atoms with van der Waals surface area (Å²) in [6.45, 7) is 14.1. The molecule has 0 aliphatic carbocycles. The fourth-order valence-electron chi connectivity index (χ4n) is 1.53. The van der Waals surface area contributed by atoms with E-state index in [1.807, 2.05) is 6.07 Å². The van der Waals surface area contributed by atoms with Crippen LogP contribution in [-0.4, -0.2) is 6.54 Å². The van der Waals surface area contributed by atoms with Gasteiger partial charge in [0.15, 0.2) is 0 Å². The zero-order chi connectivity index (χ0) is 10.6. The summed E-state index contributed by atoms with van der Waals surface area (Å²) in [5.41, 5.74) is 3.45. The molecule has 14 heavy (non-hydrogen) atoms. The van der Waals surface area contributed by atoms with Gasteiger partial charge in [-0.15, -0.1) is 0 Å². The molecule has 0 spiro atoms. The smallest absolute Gasteiger partial charge is 0.116 e. The van der Waals surface area contributed by atoms with E-state index < -0.39 is 0 Å². The maximum Gasteiger partial charge on any atom is 0.116 e. The van der Waals surface area contributed by atoms with Crippen LogP contribution in [0.2, 0.25) is 0 Å². The van der Waals surface area contributed by atoms with Gasteiger partial charge in [0.1, 0.15) is 5.69 Å². The van der Waals surface area contributed by atoms with Crippen molar-refractivity contribution in [3.05, 3.63) is 40.9 Å². The second kappa shape index (κ2) is 4.66. The normalized spacial score (nSPS) is 9.57. The van der Waals surface area contributed by atoms with Crippen molar-refractivity contribution < 1.29 is 0 Å². The standard InChI is InChI=1S/C12H16N2/c1-5-8-14(13-4)12-7-6-10(2)9-11(12)3/h6-7,9H,5,8H2,1-3H3. The van der Waals surface area contributed by atoms with E-state index in [4.69, 9.17) is 6.57 Å². The lowest BCUT2D eigenvalue weighted by Crippen LogP contribution is -2.15. The summed E-state index contributed by atoms with van der Waals surface area (Å²) in [4.78, 5) is 3.52. The number of anilines is 1. The third kappa shape index (κ3) is 2.26. The zero-order valence-electron chi connectivity index (χ0n) is 9.04. The lowest BCUT2D eigenvalue weighted by molar-refractivity contribution is 0.874. The Kier molecular flexibility index (Phi) is 3.53. The molecular formula is C12H16N2. The number of hydrogen-bond donors (Lipinski definition) is 0. The molecule has 0 bridgehead atoms. The molecule has 0 fully saturated rings. The summed E-state index contributed by atoms with van der Waals surface area (Å²) in [6, 6.07) is 6.19. The summed E-state index contributed by atoms with van der Waals surface area (Å²) in [5, 5.41) is 1.73. The molecule has 0 saturated heterocycles. The summed E-state index contributed by atoms with van der Waals surface area (Å²) in [5.74, 6) is 0. The van der Waals surface area contributed by atoms with Crippen molar-refractivity contribution in [2.75, 3.05) is 11.6 Å². The fraction of sp³-hybridized carbons (Fsp3) is 0.417. The van der Waals surface area contributed by atoms with Gasteiger partial charge in [-0.25, -0.2) is 0 Å². The molecule has 0 aliphatic heterocycles. The number of benzene rings is 1. The molecule has 0 unspecified atom stereocenters. The van der Waals surface area contributed by atoms with Crippen molar-refractivity contribution in [1.82, 2.24) is 0 Å². The Bertz CT molecular complexity index is 350. The van der Waals surface area contributed by atoms with E-state index in [0.717, 1.165) is 18.7 Å². The Morgan fingerprint density at radius 3 is 2.57 bits per heavy atom. The molecule has 0 atom stereocenters. The van der Waals surface area contributed by atoms with Crippen molar-refractivity contribution in [2.45, 2.75) is 27.2 Å². The maximum absolute atomic E-state index is 7.10. The second-order valence-electron chi connectivity index (χ2n) is 3.51. The van der Waals surface area contributed by atoms with Crippen molar-refractivity contribution in [3.8, 4) is 0 Å². The molecule has 0 radical (unpaired) electrons. The molecule has 0 aromatic heterocycles. The Balaban J connectivity index is 3.00. The van der Waals surface area contributed by atoms with Crippen molar-refractivity contribution in [1.29, 1.82) is 0 Å². The first-order chi connectivity index (χ1) is 6.69. The van der Waals surface area contributed by atoms with Crippen molar-refractivity contribution in [2.24, 2.45) is 0 Å². The Morgan fingerprint density at radius 2 is 2.07 bits per heavy atom. The predicted octanol–water partition coefficient (Wildman–Crippen LogP) is 3.35. The molecule has 1 aromatic rings. The van der Waals surface area contributed by atoms with E-state index in [-0.39, 0.29) is 0 Å². The van der Waals surface area contributed by atoms with E-state index in [9.17, 15) is 0 Å². The molecule has 0 aliphatic rings. The lowest BCUT2D eigenvalue weighted by Gasteiger charge is -2.12. The van der Waals surface area contributed by atoms with Gasteiger partial charge in [-0.1, -0.05) is 29.6 Å². The van der Waals surface area contributed by atoms with E-state index >= 15 is 0 Å². The molecule has 0 amide bonds. The topological polar surface area (TPSA) is 7.60 Å². The highest BCUT2D eigenvalue weighted by Crippen LogP contribution is 2.21. The summed E-state index contributed by atoms with van der Waals surface area (Å²) in [6.07, 6.45) is 0.996. The minimum Gasteiger partial charge on any atom is -0.184 e. The van der Waals surface area contributed by atoms with Gasteiger partial charge in [-0.2, -0.15) is 11.5 Å². The van der Waals surface area contributed by atoms with Gasteiger partial charge >= 0.3 is 0 Å². The fourth-order valence-corrected chi connectivity index (χ4v) is 1.53. The number of nitrogens with zero attached hydrogens (tertiary/aromatic N) is 2. The van der Waals surface area contributed by atoms with Crippen LogP contribution in [0.5, 0.6) is 0 Å². The zero-order valence-corrected chi connectivity index (χ0v) is 9.04. The first-order valence-corrected chi connectivity index (χ1v) is 4.91. The number of hydrogen-bond acceptors (Lipinski definition) is 1. The minimum atomic E-state index is 0.799. The average molecular weight is 188 g/mol. The first-order valence-electron chi connectivity index (χ1n) is 4.91. The maximum atomic E-state index is 7.10. The number of aryl methyl sites for hydroxylation is 2. The summed E-state index contributed by atoms with van der Waals surface area (Å²) in [7, 11) is 0. The quantitative estimate of drug-likeness (QED) is 0.521. The average Bonchev–Trinajstić information content (AvgIpc) is 2.15. The predicted molar refractivity (Wildman–Crippen MR) is 60.2 cm³/mol. The Morgan fingerprint density at radius 1 is 1.36 bits per heavy atom. The van der Waals surface area contributed by atoms with E-state index in [2.05, 4.69) is 37.9 Å². The van der Waals surface area contributed by atoms with Crippen molar-refractivity contribution in [3.63, 3.8) is 0 Å². The van der Waals surface area contributed by atoms with Crippen LogP contribution in [0.1, 0.15) is 24.5 Å². The van der Waals surface area contributed by atoms with Crippen LogP contribution in [0.25, 0.3) is 4.95 Å². The van der Waals surface area contributed by atoms with Gasteiger partial charge in [-0.05, 0) is 31.9 Å². The van der Waals surface area contributed by atoms with Gasteiger partial charge in [0, 0.05) is 0 Å². The van der Waals surface area contributed by atoms with E-state index in [1.54, 1.807) is 5.01 Å². The molecule has 2 nitrogen and oxygen atoms in total. The molecule has 2 heteroatoms. The van der Waals surface area contributed by atoms with Gasteiger partial charge in [0.05, 0.1) is 6.54 Å². The molecule has 0 heterocycles. The molecule has 0 N–H and O–H groups in total. The van der Waals surface area contributed by atoms with Crippen LogP contribution in [0, 0.1) is 20.4 Å². The van der Waals surface area contributed by atoms with Crippen LogP contribution in [0.15, 0.2) is 18.2 Å². The monoisotopic (exact) mass is 188 g/mol. The van der Waals surface area contributed by atoms with Crippen LogP contribution in [0.4, 0.5) is 5.69 Å². The molecule has 1 aromatic carbocycles. The van der Waals surface area contributed by atoms with E-state index in [1.165, 1.54) is 11.1 Å². The highest BCUT2D eigenvalue weighted by Gasteiger charge is 2.11. The minimum absolute atomic E-state index is 0.799. The third-order valence-electron chi connectivity index (χ3n) is 2.19. The van der Waals surface area contributed by atoms with Gasteiger partial charge < -0.3 is 0 Å². The highest BCUT2D eigenvalue weighted by atomic mass is 15.4. The SMILES string of the molecule is [C-]#[N+]N(CCC)c1ccc(C)cc1C. The van der Waals surface area contributed by atoms with Crippen LogP contribution in [-0.2, 0) is 0 Å². The largest absolute Gasteiger partial charge is 0.184 e. The highest BCUT2D eigenvalue weighted by molar-refractivity contribution is 5.55. The third-order valence-corrected chi connectivity index (χ3v) is 2.19. The van der Waals surface area contributed by atoms with Crippen molar-refractivity contribution >= 4 is 5.69 Å². The lowest BCUT2D eigenvalue weighted by atomic mass is 10.1. The van der Waals surface area contributed by atoms with Gasteiger partial charge in [0.2, 0.25) is 0 Å². The molecule has 0 saturated carbocycles. The summed E-state index contributed by atoms with van der Waals surface area (Å²) < 4.78 is 0. The Hall–Kier alpha value is -1.49. The first kappa shape index (κ1) is 10.6. The molecule has 1 rings (SSSR count). The van der Waals surface area contributed by atoms with E-state index in [0.29, 0.717) is 0 Å². The number of rotatable bonds is 3. The second-order valence-corrected chi connectivity index (χ2v) is 3.51. The van der Waals surface area contributed by atoms with Gasteiger partial charge in [0.25, 0.3) is 0 Å². The van der Waals surface area contributed by atoms with Crippen LogP contribution >= 0.6 is 0 Å². The van der Waals surface area contributed by atoms with Crippen LogP contribution in [0.3, 0.4) is 0 Å². The van der Waals surface area contributed by atoms with Crippen LogP contribution < -0.4 is 5.01 Å². The molecule has 74 valence electrons. The summed E-state index contributed by atoms with van der Waals surface area (Å²) >= 11 is 0. The van der Waals surface area contributed by atoms with Gasteiger partial charge in [-0.3, -0.25) is 0 Å². The molecular weight excluding hydrogens is 172 g/mol.